The number of carbonyl (C=O) groups is 1. The van der Waals surface area contributed by atoms with Crippen LogP contribution in [0.15, 0.2) is 12.7 Å². The minimum Gasteiger partial charge on any atom is -0.330 e. The Kier molecular flexibility index (Phi) is 4.82. The van der Waals surface area contributed by atoms with E-state index in [4.69, 9.17) is 10.3 Å². The summed E-state index contributed by atoms with van der Waals surface area (Å²) in [5.41, 5.74) is 5.18. The molecule has 13 heavy (non-hydrogen) atoms. The van der Waals surface area contributed by atoms with Gasteiger partial charge in [0.15, 0.2) is 5.78 Å². The van der Waals surface area contributed by atoms with E-state index in [-0.39, 0.29) is 13.0 Å². The normalized spacial score (nSPS) is 13.7. The van der Waals surface area contributed by atoms with Crippen LogP contribution >= 0.6 is 0 Å². The maximum absolute atomic E-state index is 11.0. The Bertz CT molecular complexity index is 283. The standard InChI is InChI=1S/C7H13NO4S/c1-2-7(9)6(3-4-8)5-13(10,11)12/h2,6H,1,3-5,8H2,(H,10,11,12). The van der Waals surface area contributed by atoms with Crippen LogP contribution in [0.1, 0.15) is 6.42 Å². The van der Waals surface area contributed by atoms with E-state index in [2.05, 4.69) is 6.58 Å². The lowest BCUT2D eigenvalue weighted by atomic mass is 10.0. The third-order valence-electron chi connectivity index (χ3n) is 1.53. The number of rotatable bonds is 6. The van der Waals surface area contributed by atoms with Gasteiger partial charge in [-0.2, -0.15) is 8.42 Å². The number of nitrogens with two attached hydrogens (primary N) is 1. The number of carbonyl (C=O) groups excluding carboxylic acids is 1. The highest BCUT2D eigenvalue weighted by Crippen LogP contribution is 2.07. The molecule has 1 atom stereocenters. The SMILES string of the molecule is C=CC(=O)C(CCN)CS(=O)(=O)O. The highest BCUT2D eigenvalue weighted by atomic mass is 32.2. The zero-order valence-electron chi connectivity index (χ0n) is 7.14. The summed E-state index contributed by atoms with van der Waals surface area (Å²) >= 11 is 0. The van der Waals surface area contributed by atoms with Gasteiger partial charge in [0.2, 0.25) is 0 Å². The van der Waals surface area contributed by atoms with Crippen LogP contribution in [-0.2, 0) is 14.9 Å². The van der Waals surface area contributed by atoms with E-state index < -0.39 is 27.6 Å². The predicted octanol–water partition coefficient (Wildman–Crippen LogP) is -0.406. The van der Waals surface area contributed by atoms with Crippen molar-refractivity contribution in [1.82, 2.24) is 0 Å². The molecule has 0 spiro atoms. The Labute approximate surface area is 77.4 Å². The molecule has 76 valence electrons. The Morgan fingerprint density at radius 3 is 2.46 bits per heavy atom. The van der Waals surface area contributed by atoms with Crippen molar-refractivity contribution in [2.24, 2.45) is 11.7 Å². The molecule has 0 aromatic carbocycles. The molecule has 0 amide bonds. The average molecular weight is 207 g/mol. The summed E-state index contributed by atoms with van der Waals surface area (Å²) in [7, 11) is -4.12. The average Bonchev–Trinajstić information content (AvgIpc) is 2.00. The maximum atomic E-state index is 11.0. The second-order valence-corrected chi connectivity index (χ2v) is 4.13. The maximum Gasteiger partial charge on any atom is 0.265 e. The van der Waals surface area contributed by atoms with Crippen LogP contribution < -0.4 is 5.73 Å². The summed E-state index contributed by atoms with van der Waals surface area (Å²) in [6.07, 6.45) is 1.26. The lowest BCUT2D eigenvalue weighted by Gasteiger charge is -2.09. The van der Waals surface area contributed by atoms with Gasteiger partial charge in [0.05, 0.1) is 5.75 Å². The smallest absolute Gasteiger partial charge is 0.265 e. The zero-order chi connectivity index (χ0) is 10.5. The molecule has 3 N–H and O–H groups in total. The largest absolute Gasteiger partial charge is 0.330 e. The van der Waals surface area contributed by atoms with E-state index in [9.17, 15) is 13.2 Å². The first-order valence-corrected chi connectivity index (χ1v) is 5.33. The number of ketones is 1. The second kappa shape index (κ2) is 5.11. The van der Waals surface area contributed by atoms with Crippen LogP contribution in [0.4, 0.5) is 0 Å². The Balaban J connectivity index is 4.43. The van der Waals surface area contributed by atoms with Crippen molar-refractivity contribution in [3.8, 4) is 0 Å². The number of allylic oxidation sites excluding steroid dienone is 1. The van der Waals surface area contributed by atoms with Gasteiger partial charge in [-0.05, 0) is 19.0 Å². The third-order valence-corrected chi connectivity index (χ3v) is 2.35. The van der Waals surface area contributed by atoms with E-state index in [1.165, 1.54) is 0 Å². The molecule has 1 unspecified atom stereocenters. The van der Waals surface area contributed by atoms with Crippen molar-refractivity contribution in [3.05, 3.63) is 12.7 Å². The van der Waals surface area contributed by atoms with Crippen LogP contribution in [0.5, 0.6) is 0 Å². The Morgan fingerprint density at radius 1 is 1.62 bits per heavy atom. The molecule has 0 aliphatic rings. The summed E-state index contributed by atoms with van der Waals surface area (Å²) in [4.78, 5) is 11.0. The minimum atomic E-state index is -4.12. The first-order valence-electron chi connectivity index (χ1n) is 3.72. The van der Waals surface area contributed by atoms with Gasteiger partial charge in [-0.3, -0.25) is 9.35 Å². The molecule has 0 fully saturated rings. The van der Waals surface area contributed by atoms with Crippen LogP contribution in [0.25, 0.3) is 0 Å². The van der Waals surface area contributed by atoms with E-state index >= 15 is 0 Å². The van der Waals surface area contributed by atoms with Crippen molar-refractivity contribution < 1.29 is 17.8 Å². The number of hydrogen-bond acceptors (Lipinski definition) is 4. The molecule has 0 heterocycles. The highest BCUT2D eigenvalue weighted by Gasteiger charge is 2.21. The lowest BCUT2D eigenvalue weighted by molar-refractivity contribution is -0.117. The summed E-state index contributed by atoms with van der Waals surface area (Å²) in [5.74, 6) is -1.78. The molecule has 0 rings (SSSR count). The first-order chi connectivity index (χ1) is 5.90. The van der Waals surface area contributed by atoms with Crippen LogP contribution in [-0.4, -0.2) is 31.1 Å². The molecule has 6 heteroatoms. The second-order valence-electron chi connectivity index (χ2n) is 2.63. The zero-order valence-corrected chi connectivity index (χ0v) is 7.96. The quantitative estimate of drug-likeness (QED) is 0.456. The van der Waals surface area contributed by atoms with Crippen LogP contribution in [0.2, 0.25) is 0 Å². The van der Waals surface area contributed by atoms with Gasteiger partial charge in [0, 0.05) is 5.92 Å². The van der Waals surface area contributed by atoms with Crippen molar-refractivity contribution in [1.29, 1.82) is 0 Å². The van der Waals surface area contributed by atoms with Crippen molar-refractivity contribution in [2.75, 3.05) is 12.3 Å². The fraction of sp³-hybridized carbons (Fsp3) is 0.571. The fourth-order valence-electron chi connectivity index (χ4n) is 0.930. The van der Waals surface area contributed by atoms with Crippen molar-refractivity contribution in [2.45, 2.75) is 6.42 Å². The number of hydrogen-bond donors (Lipinski definition) is 2. The minimum absolute atomic E-state index is 0.194. The molecule has 0 aliphatic heterocycles. The van der Waals surface area contributed by atoms with Gasteiger partial charge >= 0.3 is 0 Å². The Hall–Kier alpha value is -0.720. The molecule has 0 bridgehead atoms. The van der Waals surface area contributed by atoms with Gasteiger partial charge in [-0.1, -0.05) is 6.58 Å². The molecule has 0 saturated heterocycles. The molecule has 0 radical (unpaired) electrons. The summed E-state index contributed by atoms with van der Waals surface area (Å²) in [5, 5.41) is 0. The molecular weight excluding hydrogens is 194 g/mol. The predicted molar refractivity (Wildman–Crippen MR) is 48.8 cm³/mol. The Morgan fingerprint density at radius 2 is 2.15 bits per heavy atom. The van der Waals surface area contributed by atoms with Crippen molar-refractivity contribution in [3.63, 3.8) is 0 Å². The van der Waals surface area contributed by atoms with Crippen molar-refractivity contribution >= 4 is 15.9 Å². The van der Waals surface area contributed by atoms with E-state index in [1.807, 2.05) is 0 Å². The lowest BCUT2D eigenvalue weighted by Crippen LogP contribution is -2.24. The molecule has 5 nitrogen and oxygen atoms in total. The first kappa shape index (κ1) is 12.3. The molecule has 0 aromatic heterocycles. The van der Waals surface area contributed by atoms with E-state index in [0.29, 0.717) is 0 Å². The summed E-state index contributed by atoms with van der Waals surface area (Å²) in [6, 6.07) is 0. The van der Waals surface area contributed by atoms with Gasteiger partial charge in [0.1, 0.15) is 0 Å². The monoisotopic (exact) mass is 207 g/mol. The third kappa shape index (κ3) is 5.51. The molecular formula is C7H13NO4S. The van der Waals surface area contributed by atoms with Gasteiger partial charge in [0.25, 0.3) is 10.1 Å². The summed E-state index contributed by atoms with van der Waals surface area (Å²) in [6.45, 7) is 3.42. The summed E-state index contributed by atoms with van der Waals surface area (Å²) < 4.78 is 29.4. The van der Waals surface area contributed by atoms with Crippen LogP contribution in [0.3, 0.4) is 0 Å². The van der Waals surface area contributed by atoms with Gasteiger partial charge < -0.3 is 5.73 Å². The van der Waals surface area contributed by atoms with Gasteiger partial charge in [-0.15, -0.1) is 0 Å². The van der Waals surface area contributed by atoms with E-state index in [1.54, 1.807) is 0 Å². The topological polar surface area (TPSA) is 97.5 Å². The molecule has 0 aliphatic carbocycles. The van der Waals surface area contributed by atoms with Crippen LogP contribution in [0, 0.1) is 5.92 Å². The fourth-order valence-corrected chi connectivity index (χ4v) is 1.77. The van der Waals surface area contributed by atoms with E-state index in [0.717, 1.165) is 6.08 Å². The van der Waals surface area contributed by atoms with Gasteiger partial charge in [-0.25, -0.2) is 0 Å². The molecule has 0 saturated carbocycles. The molecule has 0 aromatic rings. The highest BCUT2D eigenvalue weighted by molar-refractivity contribution is 7.85.